The van der Waals surface area contributed by atoms with Crippen LogP contribution in [0.3, 0.4) is 0 Å². The minimum absolute atomic E-state index is 0.0581. The molecule has 0 radical (unpaired) electrons. The van der Waals surface area contributed by atoms with Crippen LogP contribution in [0.4, 0.5) is 0 Å². The van der Waals surface area contributed by atoms with Gasteiger partial charge in [-0.15, -0.1) is 0 Å². The summed E-state index contributed by atoms with van der Waals surface area (Å²) in [6, 6.07) is 9.95. The molecule has 0 aliphatic heterocycles. The Morgan fingerprint density at radius 1 is 1.25 bits per heavy atom. The highest BCUT2D eigenvalue weighted by atomic mass is 32.2. The van der Waals surface area contributed by atoms with Gasteiger partial charge in [0.05, 0.1) is 11.4 Å². The Morgan fingerprint density at radius 3 is 2.50 bits per heavy atom. The van der Waals surface area contributed by atoms with Crippen molar-refractivity contribution in [2.75, 3.05) is 12.0 Å². The summed E-state index contributed by atoms with van der Waals surface area (Å²) in [7, 11) is -2.94. The van der Waals surface area contributed by atoms with Crippen LogP contribution in [0.15, 0.2) is 36.5 Å². The van der Waals surface area contributed by atoms with Crippen molar-refractivity contribution >= 4 is 9.84 Å². The van der Waals surface area contributed by atoms with Crippen molar-refractivity contribution in [1.29, 1.82) is 0 Å². The molecular weight excluding hydrogens is 274 g/mol. The number of hydrogen-bond acceptors (Lipinski definition) is 4. The maximum atomic E-state index is 11.2. The van der Waals surface area contributed by atoms with Crippen molar-refractivity contribution in [3.8, 4) is 11.3 Å². The van der Waals surface area contributed by atoms with E-state index < -0.39 is 9.84 Å². The molecule has 1 unspecified atom stereocenters. The molecule has 0 amide bonds. The van der Waals surface area contributed by atoms with Gasteiger partial charge in [-0.2, -0.15) is 5.10 Å². The number of nitrogens with one attached hydrogen (secondary N) is 2. The van der Waals surface area contributed by atoms with Crippen molar-refractivity contribution in [2.24, 2.45) is 0 Å². The third-order valence-corrected chi connectivity index (χ3v) is 4.08. The van der Waals surface area contributed by atoms with Crippen molar-refractivity contribution in [3.05, 3.63) is 42.1 Å². The fourth-order valence-corrected chi connectivity index (χ4v) is 3.05. The highest BCUT2D eigenvalue weighted by Crippen LogP contribution is 2.16. The SMILES string of the molecule is CC(CS(C)(=O)=O)NCc1ccc(-c2ccn[nH]2)cc1. The molecule has 0 saturated heterocycles. The Labute approximate surface area is 119 Å². The van der Waals surface area contributed by atoms with Crippen LogP contribution < -0.4 is 5.32 Å². The highest BCUT2D eigenvalue weighted by Gasteiger charge is 2.09. The van der Waals surface area contributed by atoms with Crippen molar-refractivity contribution in [1.82, 2.24) is 15.5 Å². The predicted molar refractivity (Wildman–Crippen MR) is 80.0 cm³/mol. The van der Waals surface area contributed by atoms with Crippen LogP contribution >= 0.6 is 0 Å². The van der Waals surface area contributed by atoms with Gasteiger partial charge in [-0.1, -0.05) is 24.3 Å². The van der Waals surface area contributed by atoms with E-state index in [4.69, 9.17) is 0 Å². The zero-order chi connectivity index (χ0) is 14.6. The first-order valence-corrected chi connectivity index (χ1v) is 8.50. The lowest BCUT2D eigenvalue weighted by Gasteiger charge is -2.12. The Morgan fingerprint density at radius 2 is 1.95 bits per heavy atom. The number of rotatable bonds is 6. The maximum absolute atomic E-state index is 11.2. The normalized spacial score (nSPS) is 13.3. The van der Waals surface area contributed by atoms with E-state index in [1.54, 1.807) is 6.20 Å². The third-order valence-electron chi connectivity index (χ3n) is 2.97. The van der Waals surface area contributed by atoms with E-state index in [1.807, 2.05) is 37.3 Å². The van der Waals surface area contributed by atoms with E-state index in [-0.39, 0.29) is 11.8 Å². The average molecular weight is 293 g/mol. The monoisotopic (exact) mass is 293 g/mol. The Balaban J connectivity index is 1.91. The molecule has 1 aromatic heterocycles. The molecular formula is C14H19N3O2S. The lowest BCUT2D eigenvalue weighted by atomic mass is 10.1. The first kappa shape index (κ1) is 14.7. The second-order valence-electron chi connectivity index (χ2n) is 5.04. The minimum Gasteiger partial charge on any atom is -0.309 e. The summed E-state index contributed by atoms with van der Waals surface area (Å²) in [5, 5.41) is 10.0. The quantitative estimate of drug-likeness (QED) is 0.848. The summed E-state index contributed by atoms with van der Waals surface area (Å²) in [4.78, 5) is 0. The molecule has 2 aromatic rings. The summed E-state index contributed by atoms with van der Waals surface area (Å²) >= 11 is 0. The summed E-state index contributed by atoms with van der Waals surface area (Å²) in [6.07, 6.45) is 2.97. The zero-order valence-electron chi connectivity index (χ0n) is 11.6. The van der Waals surface area contributed by atoms with Crippen LogP contribution in [0.2, 0.25) is 0 Å². The topological polar surface area (TPSA) is 74.8 Å². The average Bonchev–Trinajstić information content (AvgIpc) is 2.89. The Kier molecular flexibility index (Phi) is 4.57. The van der Waals surface area contributed by atoms with Gasteiger partial charge >= 0.3 is 0 Å². The number of aromatic amines is 1. The number of nitrogens with zero attached hydrogens (tertiary/aromatic N) is 1. The van der Waals surface area contributed by atoms with E-state index in [2.05, 4.69) is 15.5 Å². The molecule has 6 heteroatoms. The zero-order valence-corrected chi connectivity index (χ0v) is 12.4. The largest absolute Gasteiger partial charge is 0.309 e. The summed E-state index contributed by atoms with van der Waals surface area (Å²) in [5.74, 6) is 0.152. The number of H-pyrrole nitrogens is 1. The first-order valence-electron chi connectivity index (χ1n) is 6.44. The molecule has 0 bridgehead atoms. The van der Waals surface area contributed by atoms with E-state index >= 15 is 0 Å². The molecule has 0 aliphatic rings. The van der Waals surface area contributed by atoms with Crippen molar-refractivity contribution < 1.29 is 8.42 Å². The predicted octanol–water partition coefficient (Wildman–Crippen LogP) is 1.60. The maximum Gasteiger partial charge on any atom is 0.148 e. The van der Waals surface area contributed by atoms with Gasteiger partial charge in [0.15, 0.2) is 0 Å². The van der Waals surface area contributed by atoms with Crippen LogP contribution in [0, 0.1) is 0 Å². The van der Waals surface area contributed by atoms with E-state index in [9.17, 15) is 8.42 Å². The van der Waals surface area contributed by atoms with Crippen LogP contribution in [-0.2, 0) is 16.4 Å². The molecule has 1 heterocycles. The van der Waals surface area contributed by atoms with E-state index in [1.165, 1.54) is 6.26 Å². The molecule has 0 saturated carbocycles. The summed E-state index contributed by atoms with van der Waals surface area (Å²) in [5.41, 5.74) is 3.18. The molecule has 20 heavy (non-hydrogen) atoms. The Hall–Kier alpha value is -1.66. The van der Waals surface area contributed by atoms with Crippen LogP contribution in [0.1, 0.15) is 12.5 Å². The second kappa shape index (κ2) is 6.19. The lowest BCUT2D eigenvalue weighted by Crippen LogP contribution is -2.32. The van der Waals surface area contributed by atoms with Gasteiger partial charge in [0.2, 0.25) is 0 Å². The van der Waals surface area contributed by atoms with Gasteiger partial charge in [-0.25, -0.2) is 8.42 Å². The number of hydrogen-bond donors (Lipinski definition) is 2. The highest BCUT2D eigenvalue weighted by molar-refractivity contribution is 7.90. The fourth-order valence-electron chi connectivity index (χ4n) is 2.02. The van der Waals surface area contributed by atoms with Crippen molar-refractivity contribution in [2.45, 2.75) is 19.5 Å². The Bertz CT molecular complexity index is 634. The van der Waals surface area contributed by atoms with Gasteiger partial charge in [-0.05, 0) is 24.1 Å². The molecule has 0 fully saturated rings. The van der Waals surface area contributed by atoms with E-state index in [0.29, 0.717) is 6.54 Å². The van der Waals surface area contributed by atoms with Gasteiger partial charge in [0, 0.05) is 25.0 Å². The van der Waals surface area contributed by atoms with Crippen LogP contribution in [0.25, 0.3) is 11.3 Å². The third kappa shape index (κ3) is 4.47. The van der Waals surface area contributed by atoms with Crippen LogP contribution in [-0.4, -0.2) is 36.7 Å². The number of benzene rings is 1. The summed E-state index contributed by atoms with van der Waals surface area (Å²) in [6.45, 7) is 2.53. The molecule has 2 N–H and O–H groups in total. The lowest BCUT2D eigenvalue weighted by molar-refractivity contribution is 0.560. The molecule has 5 nitrogen and oxygen atoms in total. The number of aromatic nitrogens is 2. The molecule has 2 rings (SSSR count). The minimum atomic E-state index is -2.94. The van der Waals surface area contributed by atoms with Gasteiger partial charge in [-0.3, -0.25) is 5.10 Å². The standard InChI is InChI=1S/C14H19N3O2S/c1-11(10-20(2,18)19)15-9-12-3-5-13(6-4-12)14-7-8-16-17-14/h3-8,11,15H,9-10H2,1-2H3,(H,16,17). The molecule has 0 aliphatic carbocycles. The smallest absolute Gasteiger partial charge is 0.148 e. The fraction of sp³-hybridized carbons (Fsp3) is 0.357. The number of sulfone groups is 1. The van der Waals surface area contributed by atoms with Crippen LogP contribution in [0.5, 0.6) is 0 Å². The molecule has 1 aromatic carbocycles. The summed E-state index contributed by atoms with van der Waals surface area (Å²) < 4.78 is 22.4. The van der Waals surface area contributed by atoms with E-state index in [0.717, 1.165) is 16.8 Å². The van der Waals surface area contributed by atoms with Crippen molar-refractivity contribution in [3.63, 3.8) is 0 Å². The van der Waals surface area contributed by atoms with Gasteiger partial charge < -0.3 is 5.32 Å². The molecule has 108 valence electrons. The van der Waals surface area contributed by atoms with Gasteiger partial charge in [0.25, 0.3) is 0 Å². The van der Waals surface area contributed by atoms with Gasteiger partial charge in [0.1, 0.15) is 9.84 Å². The molecule has 0 spiro atoms. The second-order valence-corrected chi connectivity index (χ2v) is 7.23. The first-order chi connectivity index (χ1) is 9.44. The molecule has 1 atom stereocenters.